The summed E-state index contributed by atoms with van der Waals surface area (Å²) in [5, 5.41) is 17.1. The number of aliphatic hydroxyl groups excluding tert-OH is 1. The summed E-state index contributed by atoms with van der Waals surface area (Å²) in [6.45, 7) is 2.01. The minimum Gasteiger partial charge on any atom is -0.388 e. The summed E-state index contributed by atoms with van der Waals surface area (Å²) in [6.07, 6.45) is 0. The quantitative estimate of drug-likeness (QED) is 0.846. The standard InChI is InChI=1S/C12H15N3O/c1-9(10-6-4-3-5-7-10)12-14-13-11(8-16)15(12)2/h3-7,9,16H,8H2,1-2H3. The third-order valence-electron chi connectivity index (χ3n) is 2.83. The van der Waals surface area contributed by atoms with Crippen LogP contribution in [0.1, 0.15) is 30.1 Å². The first kappa shape index (κ1) is 10.8. The molecule has 1 heterocycles. The van der Waals surface area contributed by atoms with Crippen LogP contribution >= 0.6 is 0 Å². The van der Waals surface area contributed by atoms with Gasteiger partial charge in [-0.1, -0.05) is 37.3 Å². The van der Waals surface area contributed by atoms with Gasteiger partial charge in [0.1, 0.15) is 12.4 Å². The van der Waals surface area contributed by atoms with E-state index in [1.807, 2.05) is 29.8 Å². The third-order valence-corrected chi connectivity index (χ3v) is 2.83. The topological polar surface area (TPSA) is 50.9 Å². The average Bonchev–Trinajstić information content (AvgIpc) is 2.70. The van der Waals surface area contributed by atoms with E-state index in [-0.39, 0.29) is 12.5 Å². The second-order valence-corrected chi connectivity index (χ2v) is 3.82. The Morgan fingerprint density at radius 3 is 2.50 bits per heavy atom. The van der Waals surface area contributed by atoms with Crippen molar-refractivity contribution in [2.24, 2.45) is 7.05 Å². The van der Waals surface area contributed by atoms with Gasteiger partial charge in [-0.2, -0.15) is 0 Å². The molecule has 0 radical (unpaired) electrons. The molecule has 0 aliphatic carbocycles. The number of hydrogen-bond donors (Lipinski definition) is 1. The van der Waals surface area contributed by atoms with E-state index in [4.69, 9.17) is 5.11 Å². The largest absolute Gasteiger partial charge is 0.388 e. The molecule has 1 atom stereocenters. The van der Waals surface area contributed by atoms with Crippen LogP contribution in [-0.4, -0.2) is 19.9 Å². The van der Waals surface area contributed by atoms with Gasteiger partial charge in [0.2, 0.25) is 0 Å². The molecule has 1 aromatic carbocycles. The Morgan fingerprint density at radius 1 is 1.25 bits per heavy atom. The van der Waals surface area contributed by atoms with Gasteiger partial charge in [-0.3, -0.25) is 0 Å². The second kappa shape index (κ2) is 4.45. The van der Waals surface area contributed by atoms with Crippen molar-refractivity contribution in [3.63, 3.8) is 0 Å². The zero-order valence-electron chi connectivity index (χ0n) is 9.46. The van der Waals surface area contributed by atoms with Gasteiger partial charge >= 0.3 is 0 Å². The van der Waals surface area contributed by atoms with Crippen LogP contribution in [0, 0.1) is 0 Å². The molecule has 4 heteroatoms. The molecule has 0 saturated heterocycles. The summed E-state index contributed by atoms with van der Waals surface area (Å²) in [5.41, 5.74) is 1.20. The van der Waals surface area contributed by atoms with Crippen molar-refractivity contribution in [2.75, 3.05) is 0 Å². The molecule has 0 aliphatic rings. The Morgan fingerprint density at radius 2 is 1.94 bits per heavy atom. The Hall–Kier alpha value is -1.68. The van der Waals surface area contributed by atoms with E-state index in [1.54, 1.807) is 0 Å². The Bertz CT molecular complexity index is 464. The number of benzene rings is 1. The molecule has 4 nitrogen and oxygen atoms in total. The number of aromatic nitrogens is 3. The molecule has 1 aromatic heterocycles. The molecule has 0 bridgehead atoms. The monoisotopic (exact) mass is 217 g/mol. The maximum atomic E-state index is 9.06. The van der Waals surface area contributed by atoms with E-state index < -0.39 is 0 Å². The molecule has 2 rings (SSSR count). The second-order valence-electron chi connectivity index (χ2n) is 3.82. The Balaban J connectivity index is 2.34. The lowest BCUT2D eigenvalue weighted by molar-refractivity contribution is 0.266. The van der Waals surface area contributed by atoms with Crippen LogP contribution in [0.15, 0.2) is 30.3 Å². The van der Waals surface area contributed by atoms with Crippen LogP contribution in [0.2, 0.25) is 0 Å². The molecule has 16 heavy (non-hydrogen) atoms. The molecule has 84 valence electrons. The molecule has 1 unspecified atom stereocenters. The van der Waals surface area contributed by atoms with Gasteiger partial charge in [-0.05, 0) is 5.56 Å². The van der Waals surface area contributed by atoms with Crippen molar-refractivity contribution < 1.29 is 5.11 Å². The van der Waals surface area contributed by atoms with Gasteiger partial charge < -0.3 is 9.67 Å². The van der Waals surface area contributed by atoms with Crippen molar-refractivity contribution >= 4 is 0 Å². The van der Waals surface area contributed by atoms with Crippen LogP contribution in [-0.2, 0) is 13.7 Å². The molecular weight excluding hydrogens is 202 g/mol. The molecule has 1 N–H and O–H groups in total. The van der Waals surface area contributed by atoms with Crippen molar-refractivity contribution in [1.29, 1.82) is 0 Å². The summed E-state index contributed by atoms with van der Waals surface area (Å²) in [4.78, 5) is 0. The first-order valence-corrected chi connectivity index (χ1v) is 5.28. The predicted molar refractivity (Wildman–Crippen MR) is 60.9 cm³/mol. The van der Waals surface area contributed by atoms with Gasteiger partial charge in [0.25, 0.3) is 0 Å². The van der Waals surface area contributed by atoms with Crippen molar-refractivity contribution in [3.05, 3.63) is 47.5 Å². The summed E-state index contributed by atoms with van der Waals surface area (Å²) in [5.74, 6) is 1.65. The summed E-state index contributed by atoms with van der Waals surface area (Å²) < 4.78 is 1.84. The van der Waals surface area contributed by atoms with Gasteiger partial charge in [0, 0.05) is 13.0 Å². The van der Waals surface area contributed by atoms with Gasteiger partial charge in [0.05, 0.1) is 0 Å². The van der Waals surface area contributed by atoms with Crippen molar-refractivity contribution in [3.8, 4) is 0 Å². The third kappa shape index (κ3) is 1.84. The zero-order valence-corrected chi connectivity index (χ0v) is 9.46. The van der Waals surface area contributed by atoms with Gasteiger partial charge in [0.15, 0.2) is 5.82 Å². The molecule has 2 aromatic rings. The minimum absolute atomic E-state index is 0.0784. The maximum absolute atomic E-state index is 9.06. The van der Waals surface area contributed by atoms with Gasteiger partial charge in [-0.15, -0.1) is 10.2 Å². The average molecular weight is 217 g/mol. The lowest BCUT2D eigenvalue weighted by atomic mass is 10.0. The fraction of sp³-hybridized carbons (Fsp3) is 0.333. The molecular formula is C12H15N3O. The van der Waals surface area contributed by atoms with Crippen LogP contribution in [0.4, 0.5) is 0 Å². The number of nitrogens with zero attached hydrogens (tertiary/aromatic N) is 3. The van der Waals surface area contributed by atoms with E-state index in [0.717, 1.165) is 5.82 Å². The van der Waals surface area contributed by atoms with Crippen LogP contribution < -0.4 is 0 Å². The van der Waals surface area contributed by atoms with Crippen molar-refractivity contribution in [1.82, 2.24) is 14.8 Å². The van der Waals surface area contributed by atoms with Gasteiger partial charge in [-0.25, -0.2) is 0 Å². The molecule has 0 fully saturated rings. The smallest absolute Gasteiger partial charge is 0.158 e. The highest BCUT2D eigenvalue weighted by Crippen LogP contribution is 2.21. The number of rotatable bonds is 3. The van der Waals surface area contributed by atoms with Crippen molar-refractivity contribution in [2.45, 2.75) is 19.4 Å². The fourth-order valence-electron chi connectivity index (χ4n) is 1.78. The molecule has 0 aliphatic heterocycles. The first-order chi connectivity index (χ1) is 7.74. The highest BCUT2D eigenvalue weighted by Gasteiger charge is 2.16. The van der Waals surface area contributed by atoms with Crippen LogP contribution in [0.3, 0.4) is 0 Å². The van der Waals surface area contributed by atoms with E-state index in [1.165, 1.54) is 5.56 Å². The molecule has 0 saturated carbocycles. The normalized spacial score (nSPS) is 12.7. The molecule has 0 amide bonds. The summed E-state index contributed by atoms with van der Waals surface area (Å²) >= 11 is 0. The maximum Gasteiger partial charge on any atom is 0.158 e. The van der Waals surface area contributed by atoms with Crippen LogP contribution in [0.25, 0.3) is 0 Å². The number of aliphatic hydroxyl groups is 1. The lowest BCUT2D eigenvalue weighted by Crippen LogP contribution is -2.06. The summed E-state index contributed by atoms with van der Waals surface area (Å²) in [7, 11) is 1.88. The number of hydrogen-bond acceptors (Lipinski definition) is 3. The van der Waals surface area contributed by atoms with E-state index in [2.05, 4.69) is 29.3 Å². The van der Waals surface area contributed by atoms with Crippen LogP contribution in [0.5, 0.6) is 0 Å². The zero-order chi connectivity index (χ0) is 11.5. The van der Waals surface area contributed by atoms with E-state index >= 15 is 0 Å². The highest BCUT2D eigenvalue weighted by atomic mass is 16.3. The van der Waals surface area contributed by atoms with E-state index in [9.17, 15) is 0 Å². The SMILES string of the molecule is CC(c1ccccc1)c1nnc(CO)n1C. The Kier molecular flexibility index (Phi) is 3.01. The Labute approximate surface area is 94.6 Å². The minimum atomic E-state index is -0.0784. The fourth-order valence-corrected chi connectivity index (χ4v) is 1.78. The predicted octanol–water partition coefficient (Wildman–Crippen LogP) is 1.46. The van der Waals surface area contributed by atoms with E-state index in [0.29, 0.717) is 5.82 Å². The summed E-state index contributed by atoms with van der Waals surface area (Å²) in [6, 6.07) is 10.1. The highest BCUT2D eigenvalue weighted by molar-refractivity contribution is 5.24. The first-order valence-electron chi connectivity index (χ1n) is 5.28. The molecule has 0 spiro atoms. The lowest BCUT2D eigenvalue weighted by Gasteiger charge is -2.11.